The van der Waals surface area contributed by atoms with Gasteiger partial charge in [-0.25, -0.2) is 22.0 Å². The van der Waals surface area contributed by atoms with E-state index in [2.05, 4.69) is 10.3 Å². The molecule has 0 bridgehead atoms. The van der Waals surface area contributed by atoms with Crippen LogP contribution < -0.4 is 5.32 Å². The fraction of sp³-hybridized carbons (Fsp3) is 0.133. The molecule has 0 fully saturated rings. The quantitative estimate of drug-likeness (QED) is 0.224. The number of anilines is 1. The molecule has 9 nitrogen and oxygen atoms in total. The highest BCUT2D eigenvalue weighted by molar-refractivity contribution is 6.04. The molecule has 0 unspecified atom stereocenters. The molecule has 29 heavy (non-hydrogen) atoms. The van der Waals surface area contributed by atoms with Gasteiger partial charge in [-0.15, -0.1) is 0 Å². The minimum Gasteiger partial charge on any atom is -0.361 e. The number of carbonyl (C=O) groups is 1. The number of rotatable bonds is 5. The lowest BCUT2D eigenvalue weighted by Gasteiger charge is -2.09. The van der Waals surface area contributed by atoms with E-state index in [1.54, 1.807) is 5.32 Å². The SMILES string of the molecule is Cc1onc(C(=O)Nc2c(F)c(F)c(F)c(F)c2F)c1Cn1ccc([N+](=O)[O-])n1. The number of hydrogen-bond acceptors (Lipinski definition) is 6. The first-order chi connectivity index (χ1) is 13.6. The van der Waals surface area contributed by atoms with Gasteiger partial charge >= 0.3 is 5.82 Å². The van der Waals surface area contributed by atoms with Crippen LogP contribution in [0.1, 0.15) is 21.8 Å². The summed E-state index contributed by atoms with van der Waals surface area (Å²) in [5.41, 5.74) is -2.08. The highest BCUT2D eigenvalue weighted by atomic mass is 19.2. The second-order valence-electron chi connectivity index (χ2n) is 5.59. The number of aromatic nitrogens is 3. The van der Waals surface area contributed by atoms with Crippen molar-refractivity contribution in [3.63, 3.8) is 0 Å². The molecule has 3 rings (SSSR count). The van der Waals surface area contributed by atoms with Crippen molar-refractivity contribution < 1.29 is 36.2 Å². The molecule has 0 atom stereocenters. The van der Waals surface area contributed by atoms with Crippen LogP contribution in [0.25, 0.3) is 0 Å². The van der Waals surface area contributed by atoms with E-state index in [0.29, 0.717) is 0 Å². The van der Waals surface area contributed by atoms with Crippen LogP contribution in [0.4, 0.5) is 33.5 Å². The van der Waals surface area contributed by atoms with Gasteiger partial charge < -0.3 is 20.0 Å². The van der Waals surface area contributed by atoms with E-state index < -0.39 is 57.1 Å². The molecule has 0 saturated heterocycles. The molecule has 14 heteroatoms. The average Bonchev–Trinajstić information content (AvgIpc) is 3.30. The predicted octanol–water partition coefficient (Wildman–Crippen LogP) is 3.08. The Morgan fingerprint density at radius 1 is 1.17 bits per heavy atom. The summed E-state index contributed by atoms with van der Waals surface area (Å²) in [5.74, 6) is -13.1. The number of aryl methyl sites for hydroxylation is 1. The van der Waals surface area contributed by atoms with Gasteiger partial charge in [0.1, 0.15) is 11.4 Å². The monoisotopic (exact) mass is 417 g/mol. The third-order valence-corrected chi connectivity index (χ3v) is 3.78. The minimum absolute atomic E-state index is 0.0179. The van der Waals surface area contributed by atoms with Crippen molar-refractivity contribution in [3.05, 3.63) is 68.5 Å². The van der Waals surface area contributed by atoms with Crippen LogP contribution in [0.5, 0.6) is 0 Å². The van der Waals surface area contributed by atoms with Crippen molar-refractivity contribution in [2.24, 2.45) is 0 Å². The van der Waals surface area contributed by atoms with Gasteiger partial charge in [-0.2, -0.15) is 4.68 Å². The topological polar surface area (TPSA) is 116 Å². The van der Waals surface area contributed by atoms with Crippen LogP contribution in [0.2, 0.25) is 0 Å². The Bertz CT molecular complexity index is 1110. The number of carbonyl (C=O) groups excluding carboxylic acids is 1. The second-order valence-corrected chi connectivity index (χ2v) is 5.59. The van der Waals surface area contributed by atoms with Gasteiger partial charge in [-0.05, 0) is 11.8 Å². The molecule has 2 heterocycles. The van der Waals surface area contributed by atoms with Crippen molar-refractivity contribution in [3.8, 4) is 0 Å². The summed E-state index contributed by atoms with van der Waals surface area (Å²) in [5, 5.41) is 19.3. The standard InChI is InChI=1S/C15H8F5N5O4/c1-5-6(4-24-3-2-7(22-24)25(27)28)13(23-29-5)15(26)21-14-11(19)9(17)8(16)10(18)12(14)20/h2-3H,4H2,1H3,(H,21,26). The number of nitrogens with zero attached hydrogens (tertiary/aromatic N) is 4. The first-order valence-corrected chi connectivity index (χ1v) is 7.57. The van der Waals surface area contributed by atoms with Crippen LogP contribution >= 0.6 is 0 Å². The molecule has 1 amide bonds. The molecule has 3 aromatic rings. The van der Waals surface area contributed by atoms with Gasteiger partial charge in [0.2, 0.25) is 5.82 Å². The molecular weight excluding hydrogens is 409 g/mol. The molecule has 1 aromatic carbocycles. The Morgan fingerprint density at radius 2 is 1.76 bits per heavy atom. The zero-order chi connectivity index (χ0) is 21.5. The van der Waals surface area contributed by atoms with Crippen molar-refractivity contribution in [2.75, 3.05) is 5.32 Å². The number of hydrogen-bond donors (Lipinski definition) is 1. The first kappa shape index (κ1) is 19.9. The predicted molar refractivity (Wildman–Crippen MR) is 83.4 cm³/mol. The molecule has 152 valence electrons. The fourth-order valence-corrected chi connectivity index (χ4v) is 2.34. The Kier molecular flexibility index (Phi) is 5.01. The van der Waals surface area contributed by atoms with Gasteiger partial charge in [0.05, 0.1) is 29.5 Å². The fourth-order valence-electron chi connectivity index (χ4n) is 2.34. The van der Waals surface area contributed by atoms with Gasteiger partial charge in [-0.1, -0.05) is 5.16 Å². The van der Waals surface area contributed by atoms with Crippen molar-refractivity contribution in [1.82, 2.24) is 14.9 Å². The number of benzene rings is 1. The van der Waals surface area contributed by atoms with E-state index in [4.69, 9.17) is 4.52 Å². The van der Waals surface area contributed by atoms with Crippen LogP contribution in [-0.2, 0) is 6.54 Å². The van der Waals surface area contributed by atoms with Crippen molar-refractivity contribution in [1.29, 1.82) is 0 Å². The van der Waals surface area contributed by atoms with Gasteiger partial charge in [0, 0.05) is 0 Å². The Balaban J connectivity index is 1.93. The van der Waals surface area contributed by atoms with E-state index in [9.17, 15) is 36.9 Å². The van der Waals surface area contributed by atoms with E-state index in [1.165, 1.54) is 13.1 Å². The van der Waals surface area contributed by atoms with E-state index in [1.807, 2.05) is 0 Å². The normalized spacial score (nSPS) is 11.0. The highest BCUT2D eigenvalue weighted by Crippen LogP contribution is 2.28. The summed E-state index contributed by atoms with van der Waals surface area (Å²) in [6.45, 7) is 1.11. The molecule has 0 spiro atoms. The summed E-state index contributed by atoms with van der Waals surface area (Å²) >= 11 is 0. The Hall–Kier alpha value is -3.84. The summed E-state index contributed by atoms with van der Waals surface area (Å²) in [6.07, 6.45) is 1.22. The maximum atomic E-state index is 13.8. The molecular formula is C15H8F5N5O4. The molecule has 0 aliphatic heterocycles. The van der Waals surface area contributed by atoms with Crippen LogP contribution in [0, 0.1) is 46.1 Å². The maximum absolute atomic E-state index is 13.8. The van der Waals surface area contributed by atoms with Crippen LogP contribution in [0.15, 0.2) is 16.8 Å². The van der Waals surface area contributed by atoms with Crippen LogP contribution in [0.3, 0.4) is 0 Å². The number of nitrogens with one attached hydrogen (secondary N) is 1. The summed E-state index contributed by atoms with van der Waals surface area (Å²) in [6, 6.07) is 1.08. The summed E-state index contributed by atoms with van der Waals surface area (Å²) in [4.78, 5) is 22.2. The number of amides is 1. The lowest BCUT2D eigenvalue weighted by atomic mass is 10.1. The largest absolute Gasteiger partial charge is 0.389 e. The van der Waals surface area contributed by atoms with Gasteiger partial charge in [0.25, 0.3) is 5.91 Å². The second kappa shape index (κ2) is 7.29. The Labute approximate surface area is 156 Å². The van der Waals surface area contributed by atoms with Crippen molar-refractivity contribution >= 4 is 17.4 Å². The molecule has 1 N–H and O–H groups in total. The smallest absolute Gasteiger partial charge is 0.361 e. The maximum Gasteiger partial charge on any atom is 0.389 e. The van der Waals surface area contributed by atoms with Gasteiger partial charge in [0.15, 0.2) is 29.0 Å². The average molecular weight is 417 g/mol. The van der Waals surface area contributed by atoms with E-state index >= 15 is 0 Å². The van der Waals surface area contributed by atoms with Gasteiger partial charge in [-0.3, -0.25) is 4.79 Å². The third-order valence-electron chi connectivity index (χ3n) is 3.78. The molecule has 0 radical (unpaired) electrons. The lowest BCUT2D eigenvalue weighted by molar-refractivity contribution is -0.389. The molecule has 0 saturated carbocycles. The number of nitro groups is 1. The van der Waals surface area contributed by atoms with Crippen molar-refractivity contribution in [2.45, 2.75) is 13.5 Å². The first-order valence-electron chi connectivity index (χ1n) is 7.57. The summed E-state index contributed by atoms with van der Waals surface area (Å²) in [7, 11) is 0. The van der Waals surface area contributed by atoms with E-state index in [0.717, 1.165) is 10.7 Å². The lowest BCUT2D eigenvalue weighted by Crippen LogP contribution is -2.19. The van der Waals surface area contributed by atoms with Crippen LogP contribution in [-0.4, -0.2) is 25.8 Å². The number of halogens is 5. The molecule has 2 aromatic heterocycles. The Morgan fingerprint density at radius 3 is 2.31 bits per heavy atom. The summed E-state index contributed by atoms with van der Waals surface area (Å²) < 4.78 is 73.1. The highest BCUT2D eigenvalue weighted by Gasteiger charge is 2.29. The van der Waals surface area contributed by atoms with E-state index in [-0.39, 0.29) is 17.9 Å². The zero-order valence-electron chi connectivity index (χ0n) is 14.2. The zero-order valence-corrected chi connectivity index (χ0v) is 14.2. The molecule has 0 aliphatic rings. The third kappa shape index (κ3) is 3.51. The molecule has 0 aliphatic carbocycles. The minimum atomic E-state index is -2.38.